The Hall–Kier alpha value is -0.340. The van der Waals surface area contributed by atoms with E-state index in [0.29, 0.717) is 6.04 Å². The first kappa shape index (κ1) is 10.7. The van der Waals surface area contributed by atoms with Crippen LogP contribution in [0.5, 0.6) is 0 Å². The molecule has 1 atom stereocenters. The van der Waals surface area contributed by atoms with Gasteiger partial charge in [-0.25, -0.2) is 0 Å². The lowest BCUT2D eigenvalue weighted by Gasteiger charge is -2.31. The lowest BCUT2D eigenvalue weighted by atomic mass is 10.0. The molecule has 76 valence electrons. The third-order valence-electron chi connectivity index (χ3n) is 3.11. The fraction of sp³-hybridized carbons (Fsp3) is 0.818. The van der Waals surface area contributed by atoms with Crippen molar-refractivity contribution in [3.05, 3.63) is 12.7 Å². The van der Waals surface area contributed by atoms with Crippen molar-refractivity contribution < 1.29 is 5.11 Å². The Labute approximate surface area is 81.2 Å². The Bertz CT molecular complexity index is 173. The second kappa shape index (κ2) is 4.25. The minimum atomic E-state index is -0.425. The summed E-state index contributed by atoms with van der Waals surface area (Å²) in [6.45, 7) is 6.64. The van der Waals surface area contributed by atoms with Crippen LogP contribution >= 0.6 is 0 Å². The van der Waals surface area contributed by atoms with Crippen molar-refractivity contribution in [3.63, 3.8) is 0 Å². The van der Waals surface area contributed by atoms with Crippen LogP contribution in [0, 0.1) is 0 Å². The Kier molecular flexibility index (Phi) is 3.51. The van der Waals surface area contributed by atoms with E-state index in [-0.39, 0.29) is 0 Å². The summed E-state index contributed by atoms with van der Waals surface area (Å²) >= 11 is 0. The molecule has 2 nitrogen and oxygen atoms in total. The molecule has 0 radical (unpaired) electrons. The molecule has 0 bridgehead atoms. The van der Waals surface area contributed by atoms with Crippen molar-refractivity contribution >= 4 is 0 Å². The maximum Gasteiger partial charge on any atom is 0.0774 e. The Balaban J connectivity index is 2.42. The zero-order valence-electron chi connectivity index (χ0n) is 8.79. The van der Waals surface area contributed by atoms with E-state index in [1.807, 2.05) is 13.1 Å². The van der Waals surface area contributed by atoms with Crippen LogP contribution in [0.3, 0.4) is 0 Å². The third kappa shape index (κ3) is 2.82. The molecule has 0 saturated heterocycles. The highest BCUT2D eigenvalue weighted by atomic mass is 16.3. The molecule has 0 aliphatic heterocycles. The second-order valence-corrected chi connectivity index (χ2v) is 4.32. The summed E-state index contributed by atoms with van der Waals surface area (Å²) in [4.78, 5) is 2.16. The van der Waals surface area contributed by atoms with Gasteiger partial charge < -0.3 is 5.11 Å². The average Bonchev–Trinajstić information content (AvgIpc) is 2.50. The lowest BCUT2D eigenvalue weighted by molar-refractivity contribution is 0.0117. The monoisotopic (exact) mass is 183 g/mol. The van der Waals surface area contributed by atoms with Crippen LogP contribution in [-0.4, -0.2) is 35.2 Å². The summed E-state index contributed by atoms with van der Waals surface area (Å²) in [6.07, 6.45) is 6.18. The van der Waals surface area contributed by atoms with Gasteiger partial charge in [-0.15, -0.1) is 6.58 Å². The Morgan fingerprint density at radius 2 is 2.08 bits per heavy atom. The number of hydrogen-bond acceptors (Lipinski definition) is 2. The molecule has 1 unspecified atom stereocenters. The highest BCUT2D eigenvalue weighted by Crippen LogP contribution is 2.30. The topological polar surface area (TPSA) is 23.5 Å². The summed E-state index contributed by atoms with van der Waals surface area (Å²) in [5, 5.41) is 10.1. The predicted molar refractivity (Wildman–Crippen MR) is 55.7 cm³/mol. The van der Waals surface area contributed by atoms with E-state index >= 15 is 0 Å². The van der Waals surface area contributed by atoms with E-state index < -0.39 is 5.60 Å². The number of aliphatic hydroxyl groups is 1. The van der Waals surface area contributed by atoms with E-state index in [1.165, 1.54) is 12.8 Å². The molecule has 1 rings (SSSR count). The molecule has 1 aliphatic carbocycles. The number of rotatable bonds is 4. The molecule has 0 aromatic carbocycles. The molecule has 0 spiro atoms. The SMILES string of the molecule is C=CC(C)N(C)CC1(O)CCCC1. The quantitative estimate of drug-likeness (QED) is 0.672. The minimum Gasteiger partial charge on any atom is -0.389 e. The zero-order chi connectivity index (χ0) is 9.90. The molecule has 0 amide bonds. The molecule has 13 heavy (non-hydrogen) atoms. The predicted octanol–water partition coefficient (Wildman–Crippen LogP) is 1.80. The highest BCUT2D eigenvalue weighted by Gasteiger charge is 2.32. The molecule has 1 saturated carbocycles. The van der Waals surface area contributed by atoms with Gasteiger partial charge in [0.05, 0.1) is 5.60 Å². The van der Waals surface area contributed by atoms with Crippen molar-refractivity contribution in [3.8, 4) is 0 Å². The van der Waals surface area contributed by atoms with Crippen molar-refractivity contribution in [2.45, 2.75) is 44.2 Å². The van der Waals surface area contributed by atoms with E-state index in [0.717, 1.165) is 19.4 Å². The average molecular weight is 183 g/mol. The largest absolute Gasteiger partial charge is 0.389 e. The molecule has 0 heterocycles. The molecule has 0 aromatic rings. The normalized spacial score (nSPS) is 23.4. The molecular formula is C11H21NO. The van der Waals surface area contributed by atoms with Crippen LogP contribution in [-0.2, 0) is 0 Å². The first-order valence-corrected chi connectivity index (χ1v) is 5.12. The van der Waals surface area contributed by atoms with Crippen LogP contribution in [0.4, 0.5) is 0 Å². The van der Waals surface area contributed by atoms with Gasteiger partial charge in [-0.3, -0.25) is 4.90 Å². The summed E-state index contributed by atoms with van der Waals surface area (Å²) in [7, 11) is 2.04. The van der Waals surface area contributed by atoms with E-state index in [9.17, 15) is 5.11 Å². The number of likely N-dealkylation sites (N-methyl/N-ethyl adjacent to an activating group) is 1. The van der Waals surface area contributed by atoms with Crippen molar-refractivity contribution in [1.82, 2.24) is 4.90 Å². The summed E-state index contributed by atoms with van der Waals surface area (Å²) in [6, 6.07) is 0.352. The van der Waals surface area contributed by atoms with E-state index in [4.69, 9.17) is 0 Å². The van der Waals surface area contributed by atoms with Crippen molar-refractivity contribution in [2.75, 3.05) is 13.6 Å². The smallest absolute Gasteiger partial charge is 0.0774 e. The van der Waals surface area contributed by atoms with Crippen molar-refractivity contribution in [2.24, 2.45) is 0 Å². The van der Waals surface area contributed by atoms with Gasteiger partial charge in [0.25, 0.3) is 0 Å². The molecule has 2 heteroatoms. The number of hydrogen-bond donors (Lipinski definition) is 1. The highest BCUT2D eigenvalue weighted by molar-refractivity contribution is 4.91. The maximum absolute atomic E-state index is 10.1. The van der Waals surface area contributed by atoms with Gasteiger partial charge in [0.1, 0.15) is 0 Å². The first-order chi connectivity index (χ1) is 6.07. The molecule has 1 N–H and O–H groups in total. The van der Waals surface area contributed by atoms with E-state index in [2.05, 4.69) is 18.4 Å². The summed E-state index contributed by atoms with van der Waals surface area (Å²) in [5.41, 5.74) is -0.425. The van der Waals surface area contributed by atoms with Crippen LogP contribution in [0.25, 0.3) is 0 Å². The summed E-state index contributed by atoms with van der Waals surface area (Å²) < 4.78 is 0. The van der Waals surface area contributed by atoms with Crippen LogP contribution in [0.1, 0.15) is 32.6 Å². The zero-order valence-corrected chi connectivity index (χ0v) is 8.79. The Morgan fingerprint density at radius 1 is 1.54 bits per heavy atom. The molecule has 0 aromatic heterocycles. The maximum atomic E-state index is 10.1. The number of nitrogens with zero attached hydrogens (tertiary/aromatic N) is 1. The summed E-state index contributed by atoms with van der Waals surface area (Å²) in [5.74, 6) is 0. The van der Waals surface area contributed by atoms with Gasteiger partial charge in [0.2, 0.25) is 0 Å². The van der Waals surface area contributed by atoms with Gasteiger partial charge in [0, 0.05) is 12.6 Å². The molecule has 1 fully saturated rings. The van der Waals surface area contributed by atoms with Gasteiger partial charge in [-0.1, -0.05) is 18.9 Å². The van der Waals surface area contributed by atoms with Crippen LogP contribution < -0.4 is 0 Å². The minimum absolute atomic E-state index is 0.352. The molecular weight excluding hydrogens is 162 g/mol. The fourth-order valence-electron chi connectivity index (χ4n) is 1.98. The lowest BCUT2D eigenvalue weighted by Crippen LogP contribution is -2.42. The molecule has 1 aliphatic rings. The van der Waals surface area contributed by atoms with E-state index in [1.54, 1.807) is 0 Å². The fourth-order valence-corrected chi connectivity index (χ4v) is 1.98. The van der Waals surface area contributed by atoms with Gasteiger partial charge in [-0.2, -0.15) is 0 Å². The standard InChI is InChI=1S/C11H21NO/c1-4-10(2)12(3)9-11(13)7-5-6-8-11/h4,10,13H,1,5-9H2,2-3H3. The van der Waals surface area contributed by atoms with Gasteiger partial charge in [0.15, 0.2) is 0 Å². The van der Waals surface area contributed by atoms with Gasteiger partial charge in [-0.05, 0) is 26.8 Å². The van der Waals surface area contributed by atoms with Crippen molar-refractivity contribution in [1.29, 1.82) is 0 Å². The van der Waals surface area contributed by atoms with Gasteiger partial charge >= 0.3 is 0 Å². The first-order valence-electron chi connectivity index (χ1n) is 5.12. The second-order valence-electron chi connectivity index (χ2n) is 4.32. The Morgan fingerprint density at radius 3 is 2.54 bits per heavy atom. The van der Waals surface area contributed by atoms with Crippen LogP contribution in [0.2, 0.25) is 0 Å². The third-order valence-corrected chi connectivity index (χ3v) is 3.11. The van der Waals surface area contributed by atoms with Crippen LogP contribution in [0.15, 0.2) is 12.7 Å².